The molecule has 2 unspecified atom stereocenters. The van der Waals surface area contributed by atoms with E-state index in [1.54, 1.807) is 0 Å². The zero-order valence-corrected chi connectivity index (χ0v) is 13.1. The maximum Gasteiger partial charge on any atom is 0.154 e. The summed E-state index contributed by atoms with van der Waals surface area (Å²) >= 11 is 0. The molecule has 0 radical (unpaired) electrons. The van der Waals surface area contributed by atoms with E-state index in [1.807, 2.05) is 0 Å². The van der Waals surface area contributed by atoms with Crippen molar-refractivity contribution in [1.82, 2.24) is 5.06 Å². The standard InChI is InChI=1S/C14H29N2O2.ClH/c1-3-5-6-7-14-15(18-14)8-10-16(9-4-2)11-13(17)12-16;/h13-14,17H,3-12H2,1-2H3;1H/q+1;/p-1. The summed E-state index contributed by atoms with van der Waals surface area (Å²) in [6.45, 7) is 9.72. The van der Waals surface area contributed by atoms with Gasteiger partial charge in [0.2, 0.25) is 0 Å². The van der Waals surface area contributed by atoms with E-state index in [0.717, 1.165) is 30.7 Å². The van der Waals surface area contributed by atoms with Crippen LogP contribution in [-0.2, 0) is 4.84 Å². The highest BCUT2D eigenvalue weighted by atomic mass is 35.5. The smallest absolute Gasteiger partial charge is 0.154 e. The van der Waals surface area contributed by atoms with Crippen LogP contribution in [-0.4, -0.2) is 59.7 Å². The van der Waals surface area contributed by atoms with Gasteiger partial charge in [-0.25, -0.2) is 0 Å². The number of aliphatic hydroxyl groups excluding tert-OH is 1. The van der Waals surface area contributed by atoms with Crippen LogP contribution < -0.4 is 12.4 Å². The molecule has 4 nitrogen and oxygen atoms in total. The van der Waals surface area contributed by atoms with Crippen molar-refractivity contribution in [2.75, 3.05) is 32.7 Å². The van der Waals surface area contributed by atoms with Gasteiger partial charge in [0, 0.05) is 0 Å². The monoisotopic (exact) mass is 292 g/mol. The van der Waals surface area contributed by atoms with Gasteiger partial charge in [-0.1, -0.05) is 26.7 Å². The van der Waals surface area contributed by atoms with Crippen LogP contribution in [0.25, 0.3) is 0 Å². The van der Waals surface area contributed by atoms with E-state index in [9.17, 15) is 5.11 Å². The molecule has 0 saturated carbocycles. The van der Waals surface area contributed by atoms with Gasteiger partial charge in [-0.3, -0.25) is 4.84 Å². The molecule has 0 spiro atoms. The number of nitrogens with zero attached hydrogens (tertiary/aromatic N) is 2. The molecule has 0 aliphatic carbocycles. The van der Waals surface area contributed by atoms with Gasteiger partial charge in [0.05, 0.1) is 19.6 Å². The summed E-state index contributed by atoms with van der Waals surface area (Å²) < 4.78 is 1.10. The Morgan fingerprint density at radius 1 is 1.16 bits per heavy atom. The van der Waals surface area contributed by atoms with Crippen LogP contribution in [0.4, 0.5) is 0 Å². The van der Waals surface area contributed by atoms with Crippen molar-refractivity contribution in [1.29, 1.82) is 0 Å². The Kier molecular flexibility index (Phi) is 7.05. The van der Waals surface area contributed by atoms with Gasteiger partial charge >= 0.3 is 0 Å². The Morgan fingerprint density at radius 2 is 1.89 bits per heavy atom. The lowest BCUT2D eigenvalue weighted by Gasteiger charge is -2.48. The first kappa shape index (κ1) is 17.2. The number of quaternary nitrogens is 1. The highest BCUT2D eigenvalue weighted by molar-refractivity contribution is 4.71. The SMILES string of the molecule is CCCCCC1ON1CC[N+]1(CCC)CC(O)C1.[Cl-]. The Bertz CT molecular complexity index is 254. The van der Waals surface area contributed by atoms with Crippen LogP contribution in [0, 0.1) is 0 Å². The van der Waals surface area contributed by atoms with Crippen molar-refractivity contribution in [3.05, 3.63) is 0 Å². The summed E-state index contributed by atoms with van der Waals surface area (Å²) in [5.74, 6) is 0. The van der Waals surface area contributed by atoms with Crippen molar-refractivity contribution >= 4 is 0 Å². The number of hydrogen-bond donors (Lipinski definition) is 1. The van der Waals surface area contributed by atoms with Gasteiger partial charge < -0.3 is 22.0 Å². The molecule has 0 aromatic heterocycles. The molecule has 2 atom stereocenters. The number of likely N-dealkylation sites (tertiary alicyclic amines) is 1. The Hall–Kier alpha value is 0.130. The second-order valence-electron chi connectivity index (χ2n) is 6.00. The minimum absolute atomic E-state index is 0. The Labute approximate surface area is 123 Å². The third-order valence-corrected chi connectivity index (χ3v) is 4.28. The predicted octanol–water partition coefficient (Wildman–Crippen LogP) is -1.25. The minimum atomic E-state index is -0.0629. The summed E-state index contributed by atoms with van der Waals surface area (Å²) in [5.41, 5.74) is 0. The highest BCUT2D eigenvalue weighted by Gasteiger charge is 2.44. The van der Waals surface area contributed by atoms with Crippen molar-refractivity contribution in [3.8, 4) is 0 Å². The fourth-order valence-corrected chi connectivity index (χ4v) is 3.19. The average molecular weight is 293 g/mol. The second kappa shape index (κ2) is 7.79. The number of hydroxylamine groups is 2. The average Bonchev–Trinajstić information content (AvgIpc) is 3.04. The van der Waals surface area contributed by atoms with Gasteiger partial charge in [0.15, 0.2) is 12.3 Å². The topological polar surface area (TPSA) is 35.8 Å². The normalized spacial score (nSPS) is 36.5. The van der Waals surface area contributed by atoms with Gasteiger partial charge in [0.1, 0.15) is 13.1 Å². The minimum Gasteiger partial charge on any atom is -1.00 e. The van der Waals surface area contributed by atoms with E-state index < -0.39 is 0 Å². The molecule has 114 valence electrons. The van der Waals surface area contributed by atoms with Crippen LogP contribution in [0.2, 0.25) is 0 Å². The van der Waals surface area contributed by atoms with E-state index in [0.29, 0.717) is 6.23 Å². The summed E-state index contributed by atoms with van der Waals surface area (Å²) in [7, 11) is 0. The molecule has 0 aromatic carbocycles. The lowest BCUT2D eigenvalue weighted by molar-refractivity contribution is -0.971. The fourth-order valence-electron chi connectivity index (χ4n) is 3.19. The molecule has 0 aromatic rings. The summed E-state index contributed by atoms with van der Waals surface area (Å²) in [5, 5.41) is 11.7. The first-order valence-electron chi connectivity index (χ1n) is 7.65. The predicted molar refractivity (Wildman–Crippen MR) is 71.7 cm³/mol. The molecular weight excluding hydrogens is 264 g/mol. The third kappa shape index (κ3) is 4.87. The highest BCUT2D eigenvalue weighted by Crippen LogP contribution is 2.28. The molecular formula is C14H29ClN2O2. The van der Waals surface area contributed by atoms with Gasteiger partial charge in [0.25, 0.3) is 0 Å². The first-order chi connectivity index (χ1) is 8.69. The third-order valence-electron chi connectivity index (χ3n) is 4.28. The van der Waals surface area contributed by atoms with Gasteiger partial charge in [-0.15, -0.1) is 0 Å². The number of hydrogen-bond acceptors (Lipinski definition) is 3. The van der Waals surface area contributed by atoms with E-state index in [1.165, 1.54) is 38.6 Å². The summed E-state index contributed by atoms with van der Waals surface area (Å²) in [6.07, 6.45) is 6.59. The Balaban J connectivity index is 0.00000180. The molecule has 1 N–H and O–H groups in total. The zero-order chi connectivity index (χ0) is 13.0. The number of unbranched alkanes of at least 4 members (excludes halogenated alkanes) is 2. The van der Waals surface area contributed by atoms with Crippen LogP contribution >= 0.6 is 0 Å². The molecule has 0 bridgehead atoms. The Morgan fingerprint density at radius 3 is 2.47 bits per heavy atom. The van der Waals surface area contributed by atoms with Crippen molar-refractivity contribution in [2.24, 2.45) is 0 Å². The fraction of sp³-hybridized carbons (Fsp3) is 1.00. The first-order valence-corrected chi connectivity index (χ1v) is 7.65. The molecule has 2 fully saturated rings. The molecule has 2 heterocycles. The van der Waals surface area contributed by atoms with Crippen LogP contribution in [0.5, 0.6) is 0 Å². The van der Waals surface area contributed by atoms with Crippen molar-refractivity contribution in [2.45, 2.75) is 58.3 Å². The van der Waals surface area contributed by atoms with Gasteiger partial charge in [-0.05, 0) is 19.3 Å². The summed E-state index contributed by atoms with van der Waals surface area (Å²) in [6, 6.07) is 0. The second-order valence-corrected chi connectivity index (χ2v) is 6.00. The molecule has 2 aliphatic rings. The zero-order valence-electron chi connectivity index (χ0n) is 12.4. The number of rotatable bonds is 9. The van der Waals surface area contributed by atoms with Crippen LogP contribution in [0.3, 0.4) is 0 Å². The van der Waals surface area contributed by atoms with Gasteiger partial charge in [-0.2, -0.15) is 5.06 Å². The lowest BCUT2D eigenvalue weighted by atomic mass is 10.1. The van der Waals surface area contributed by atoms with Crippen molar-refractivity contribution < 1.29 is 26.8 Å². The van der Waals surface area contributed by atoms with E-state index in [4.69, 9.17) is 4.84 Å². The van der Waals surface area contributed by atoms with Crippen molar-refractivity contribution in [3.63, 3.8) is 0 Å². The maximum atomic E-state index is 9.53. The number of aliphatic hydroxyl groups is 1. The van der Waals surface area contributed by atoms with E-state index >= 15 is 0 Å². The molecule has 5 heteroatoms. The van der Waals surface area contributed by atoms with Crippen LogP contribution in [0.15, 0.2) is 0 Å². The molecule has 2 rings (SSSR count). The lowest BCUT2D eigenvalue weighted by Crippen LogP contribution is -3.00. The summed E-state index contributed by atoms with van der Waals surface area (Å²) in [4.78, 5) is 5.59. The maximum absolute atomic E-state index is 9.53. The largest absolute Gasteiger partial charge is 1.00 e. The van der Waals surface area contributed by atoms with Crippen LogP contribution in [0.1, 0.15) is 46.0 Å². The molecule has 2 aliphatic heterocycles. The molecule has 19 heavy (non-hydrogen) atoms. The number of halogens is 1. The molecule has 2 saturated heterocycles. The van der Waals surface area contributed by atoms with E-state index in [-0.39, 0.29) is 18.5 Å². The van der Waals surface area contributed by atoms with E-state index in [2.05, 4.69) is 18.9 Å². The molecule has 0 amide bonds. The quantitative estimate of drug-likeness (QED) is 0.328.